The number of nitrogens with two attached hydrogens (primary N) is 1. The van der Waals surface area contributed by atoms with Gasteiger partial charge in [-0.25, -0.2) is 9.59 Å². The number of amides is 3. The Bertz CT molecular complexity index is 822. The van der Waals surface area contributed by atoms with E-state index in [2.05, 4.69) is 31.4 Å². The summed E-state index contributed by atoms with van der Waals surface area (Å²) in [5.41, 5.74) is 7.53. The second-order valence-corrected chi connectivity index (χ2v) is 7.02. The second kappa shape index (κ2) is 8.35. The van der Waals surface area contributed by atoms with E-state index in [0.29, 0.717) is 11.4 Å². The van der Waals surface area contributed by atoms with E-state index in [4.69, 9.17) is 10.5 Å². The van der Waals surface area contributed by atoms with Gasteiger partial charge in [-0.3, -0.25) is 4.79 Å². The Labute approximate surface area is 157 Å². The van der Waals surface area contributed by atoms with Crippen molar-refractivity contribution in [2.45, 2.75) is 26.2 Å². The highest BCUT2D eigenvalue weighted by atomic mass is 16.5. The van der Waals surface area contributed by atoms with Gasteiger partial charge in [0.05, 0.1) is 5.56 Å². The van der Waals surface area contributed by atoms with Gasteiger partial charge in [-0.05, 0) is 47.4 Å². The lowest BCUT2D eigenvalue weighted by Gasteiger charge is -2.19. The molecule has 7 nitrogen and oxygen atoms in total. The van der Waals surface area contributed by atoms with Crippen LogP contribution in [-0.4, -0.2) is 24.5 Å². The van der Waals surface area contributed by atoms with Crippen molar-refractivity contribution in [2.75, 3.05) is 17.2 Å². The summed E-state index contributed by atoms with van der Waals surface area (Å²) in [6.45, 7) is 5.92. The van der Waals surface area contributed by atoms with Gasteiger partial charge in [0.15, 0.2) is 6.61 Å². The number of hydrogen-bond donors (Lipinski definition) is 3. The monoisotopic (exact) mass is 369 g/mol. The fraction of sp³-hybridized carbons (Fsp3) is 0.250. The quantitative estimate of drug-likeness (QED) is 0.702. The van der Waals surface area contributed by atoms with E-state index >= 15 is 0 Å². The molecule has 2 rings (SSSR count). The molecule has 27 heavy (non-hydrogen) atoms. The third kappa shape index (κ3) is 6.14. The molecule has 2 aromatic carbocycles. The summed E-state index contributed by atoms with van der Waals surface area (Å²) in [4.78, 5) is 34.7. The van der Waals surface area contributed by atoms with Crippen LogP contribution in [0.1, 0.15) is 36.7 Å². The average molecular weight is 369 g/mol. The lowest BCUT2D eigenvalue weighted by molar-refractivity contribution is -0.119. The molecule has 0 aliphatic carbocycles. The Morgan fingerprint density at radius 2 is 1.41 bits per heavy atom. The van der Waals surface area contributed by atoms with Crippen LogP contribution in [0.4, 0.5) is 16.2 Å². The summed E-state index contributed by atoms with van der Waals surface area (Å²) in [6, 6.07) is 12.8. The van der Waals surface area contributed by atoms with E-state index in [1.54, 1.807) is 0 Å². The number of ether oxygens (including phenoxy) is 1. The minimum absolute atomic E-state index is 0.0284. The molecular formula is C20H23N3O4. The first-order valence-electron chi connectivity index (χ1n) is 8.39. The molecule has 0 unspecified atom stereocenters. The summed E-state index contributed by atoms with van der Waals surface area (Å²) < 4.78 is 5.00. The molecule has 0 atom stereocenters. The molecule has 0 spiro atoms. The third-order valence-electron chi connectivity index (χ3n) is 3.76. The molecule has 0 aliphatic heterocycles. The zero-order chi connectivity index (χ0) is 20.0. The maximum absolute atomic E-state index is 12.0. The van der Waals surface area contributed by atoms with Gasteiger partial charge in [-0.15, -0.1) is 0 Å². The molecule has 0 fully saturated rings. The number of benzene rings is 2. The molecule has 142 valence electrons. The maximum atomic E-state index is 12.0. The van der Waals surface area contributed by atoms with Crippen LogP contribution >= 0.6 is 0 Å². The van der Waals surface area contributed by atoms with Crippen LogP contribution in [0.5, 0.6) is 0 Å². The minimum atomic E-state index is -0.697. The molecule has 0 heterocycles. The number of urea groups is 1. The Balaban J connectivity index is 1.86. The third-order valence-corrected chi connectivity index (χ3v) is 3.76. The minimum Gasteiger partial charge on any atom is -0.452 e. The molecule has 2 aromatic rings. The molecule has 0 aliphatic rings. The first-order valence-corrected chi connectivity index (χ1v) is 8.39. The second-order valence-electron chi connectivity index (χ2n) is 7.02. The number of rotatable bonds is 5. The van der Waals surface area contributed by atoms with Crippen LogP contribution in [0.3, 0.4) is 0 Å². The van der Waals surface area contributed by atoms with Gasteiger partial charge < -0.3 is 21.1 Å². The first kappa shape index (κ1) is 20.0. The SMILES string of the molecule is CC(C)(C)c1ccc(NC(=O)COC(=O)c2ccc(NC(N)=O)cc2)cc1. The van der Waals surface area contributed by atoms with Gasteiger partial charge in [0.1, 0.15) is 0 Å². The fourth-order valence-electron chi connectivity index (χ4n) is 2.30. The van der Waals surface area contributed by atoms with Gasteiger partial charge >= 0.3 is 12.0 Å². The van der Waals surface area contributed by atoms with Crippen LogP contribution in [0.15, 0.2) is 48.5 Å². The summed E-state index contributed by atoms with van der Waals surface area (Å²) >= 11 is 0. The highest BCUT2D eigenvalue weighted by Gasteiger charge is 2.14. The largest absolute Gasteiger partial charge is 0.452 e. The maximum Gasteiger partial charge on any atom is 0.338 e. The van der Waals surface area contributed by atoms with E-state index < -0.39 is 24.5 Å². The predicted octanol–water partition coefficient (Wildman–Crippen LogP) is 3.27. The summed E-state index contributed by atoms with van der Waals surface area (Å²) in [5, 5.41) is 5.06. The topological polar surface area (TPSA) is 111 Å². The molecule has 0 saturated carbocycles. The first-order chi connectivity index (χ1) is 12.6. The molecule has 0 bridgehead atoms. The van der Waals surface area contributed by atoms with Crippen molar-refractivity contribution in [2.24, 2.45) is 5.73 Å². The molecule has 0 aromatic heterocycles. The Hall–Kier alpha value is -3.35. The molecular weight excluding hydrogens is 346 g/mol. The zero-order valence-electron chi connectivity index (χ0n) is 15.5. The van der Waals surface area contributed by atoms with Gasteiger partial charge in [-0.2, -0.15) is 0 Å². The van der Waals surface area contributed by atoms with Crippen LogP contribution in [0.25, 0.3) is 0 Å². The van der Waals surface area contributed by atoms with E-state index in [9.17, 15) is 14.4 Å². The fourth-order valence-corrected chi connectivity index (χ4v) is 2.30. The van der Waals surface area contributed by atoms with Crippen LogP contribution in [0.2, 0.25) is 0 Å². The highest BCUT2D eigenvalue weighted by Crippen LogP contribution is 2.23. The van der Waals surface area contributed by atoms with Crippen molar-refractivity contribution < 1.29 is 19.1 Å². The average Bonchev–Trinajstić information content (AvgIpc) is 2.59. The number of primary amides is 1. The van der Waals surface area contributed by atoms with Gasteiger partial charge in [0.25, 0.3) is 5.91 Å². The molecule has 7 heteroatoms. The molecule has 0 radical (unpaired) electrons. The number of carbonyl (C=O) groups is 3. The smallest absolute Gasteiger partial charge is 0.338 e. The van der Waals surface area contributed by atoms with E-state index in [-0.39, 0.29) is 11.0 Å². The lowest BCUT2D eigenvalue weighted by Crippen LogP contribution is -2.21. The van der Waals surface area contributed by atoms with E-state index in [1.807, 2.05) is 24.3 Å². The van der Waals surface area contributed by atoms with Gasteiger partial charge in [0.2, 0.25) is 0 Å². The van der Waals surface area contributed by atoms with Crippen molar-refractivity contribution in [3.05, 3.63) is 59.7 Å². The standard InChI is InChI=1S/C20H23N3O4/c1-20(2,3)14-6-10-15(11-7-14)22-17(24)12-27-18(25)13-4-8-16(9-5-13)23-19(21)26/h4-11H,12H2,1-3H3,(H,22,24)(H3,21,23,26). The van der Waals surface area contributed by atoms with E-state index in [0.717, 1.165) is 5.56 Å². The Morgan fingerprint density at radius 3 is 1.93 bits per heavy atom. The van der Waals surface area contributed by atoms with Gasteiger partial charge in [0, 0.05) is 11.4 Å². The van der Waals surface area contributed by atoms with Crippen LogP contribution < -0.4 is 16.4 Å². The Kier molecular flexibility index (Phi) is 6.18. The normalized spacial score (nSPS) is 10.8. The molecule has 0 saturated heterocycles. The molecule has 3 amide bonds. The number of esters is 1. The highest BCUT2D eigenvalue weighted by molar-refractivity contribution is 5.96. The number of carbonyl (C=O) groups excluding carboxylic acids is 3. The van der Waals surface area contributed by atoms with Crippen molar-refractivity contribution in [1.82, 2.24) is 0 Å². The summed E-state index contributed by atoms with van der Waals surface area (Å²) in [5.74, 6) is -1.07. The number of hydrogen-bond acceptors (Lipinski definition) is 4. The Morgan fingerprint density at radius 1 is 0.889 bits per heavy atom. The van der Waals surface area contributed by atoms with Gasteiger partial charge in [-0.1, -0.05) is 32.9 Å². The lowest BCUT2D eigenvalue weighted by atomic mass is 9.87. The van der Waals surface area contributed by atoms with Crippen molar-refractivity contribution in [3.8, 4) is 0 Å². The summed E-state index contributed by atoms with van der Waals surface area (Å²) in [7, 11) is 0. The van der Waals surface area contributed by atoms with Crippen molar-refractivity contribution in [1.29, 1.82) is 0 Å². The number of nitrogens with one attached hydrogen (secondary N) is 2. The van der Waals surface area contributed by atoms with E-state index in [1.165, 1.54) is 24.3 Å². The summed E-state index contributed by atoms with van der Waals surface area (Å²) in [6.07, 6.45) is 0. The molecule has 4 N–H and O–H groups in total. The van der Waals surface area contributed by atoms with Crippen LogP contribution in [0, 0.1) is 0 Å². The number of anilines is 2. The zero-order valence-corrected chi connectivity index (χ0v) is 15.5. The van der Waals surface area contributed by atoms with Crippen LogP contribution in [-0.2, 0) is 14.9 Å². The van der Waals surface area contributed by atoms with Crippen molar-refractivity contribution >= 4 is 29.3 Å². The predicted molar refractivity (Wildman–Crippen MR) is 104 cm³/mol. The van der Waals surface area contributed by atoms with Crippen molar-refractivity contribution in [3.63, 3.8) is 0 Å².